The monoisotopic (exact) mass is 158 g/mol. The van der Waals surface area contributed by atoms with E-state index in [2.05, 4.69) is 4.52 Å². The minimum absolute atomic E-state index is 0.442. The van der Waals surface area contributed by atoms with E-state index in [9.17, 15) is 13.0 Å². The molecule has 0 saturated carbocycles. The van der Waals surface area contributed by atoms with Crippen LogP contribution in [0.4, 0.5) is 8.39 Å². The molecule has 0 aromatic carbocycles. The lowest BCUT2D eigenvalue weighted by Crippen LogP contribution is -2.00. The molecule has 0 aromatic rings. The summed E-state index contributed by atoms with van der Waals surface area (Å²) in [5.41, 5.74) is 0. The first-order valence-corrected chi connectivity index (χ1v) is 4.04. The molecule has 9 heavy (non-hydrogen) atoms. The predicted molar refractivity (Wildman–Crippen MR) is 30.7 cm³/mol. The van der Waals surface area contributed by atoms with E-state index >= 15 is 0 Å². The normalized spacial score (nSPS) is 15.6. The lowest BCUT2D eigenvalue weighted by molar-refractivity contribution is 0.181. The molecule has 0 spiro atoms. The molecule has 0 radical (unpaired) electrons. The molecular weight excluding hydrogens is 149 g/mol. The summed E-state index contributed by atoms with van der Waals surface area (Å²) < 4.78 is 36.4. The fraction of sp³-hybridized carbons (Fsp3) is 1.00. The van der Waals surface area contributed by atoms with Gasteiger partial charge in [0.05, 0.1) is 6.10 Å². The van der Waals surface area contributed by atoms with Crippen molar-refractivity contribution in [3.63, 3.8) is 0 Å². The van der Waals surface area contributed by atoms with E-state index in [-0.39, 0.29) is 0 Å². The Morgan fingerprint density at radius 1 is 1.67 bits per heavy atom. The molecule has 0 unspecified atom stereocenters. The van der Waals surface area contributed by atoms with Crippen LogP contribution in [0.25, 0.3) is 0 Å². The SMILES string of the molecule is CC[C@H](C)OP(=O)(F)F. The summed E-state index contributed by atoms with van der Waals surface area (Å²) in [6.07, 6.45) is -0.177. The van der Waals surface area contributed by atoms with Gasteiger partial charge in [-0.3, -0.25) is 4.52 Å². The van der Waals surface area contributed by atoms with E-state index in [1.807, 2.05) is 0 Å². The Kier molecular flexibility index (Phi) is 3.30. The van der Waals surface area contributed by atoms with Gasteiger partial charge in [-0.25, -0.2) is 4.57 Å². The highest BCUT2D eigenvalue weighted by Gasteiger charge is 2.22. The molecule has 0 heterocycles. The number of rotatable bonds is 3. The van der Waals surface area contributed by atoms with Crippen LogP contribution in [0.1, 0.15) is 20.3 Å². The van der Waals surface area contributed by atoms with Crippen molar-refractivity contribution in [3.05, 3.63) is 0 Å². The Balaban J connectivity index is 3.60. The van der Waals surface area contributed by atoms with Crippen molar-refractivity contribution >= 4 is 7.99 Å². The lowest BCUT2D eigenvalue weighted by Gasteiger charge is -2.06. The molecular formula is C4H9F2O2P. The Bertz CT molecular complexity index is 122. The van der Waals surface area contributed by atoms with Crippen molar-refractivity contribution in [3.8, 4) is 0 Å². The molecule has 0 bridgehead atoms. The maximum atomic E-state index is 11.5. The Hall–Kier alpha value is 0.0500. The molecule has 0 amide bonds. The fourth-order valence-corrected chi connectivity index (χ4v) is 0.852. The van der Waals surface area contributed by atoms with Gasteiger partial charge in [-0.2, -0.15) is 0 Å². The first-order chi connectivity index (χ1) is 3.95. The number of hydrogen-bond acceptors (Lipinski definition) is 2. The van der Waals surface area contributed by atoms with E-state index in [1.165, 1.54) is 6.92 Å². The third kappa shape index (κ3) is 5.93. The summed E-state index contributed by atoms with van der Waals surface area (Å²) in [5.74, 6) is 0. The van der Waals surface area contributed by atoms with Gasteiger partial charge in [0.2, 0.25) is 0 Å². The zero-order chi connectivity index (χ0) is 7.49. The zero-order valence-electron chi connectivity index (χ0n) is 5.30. The lowest BCUT2D eigenvalue weighted by atomic mass is 10.3. The quantitative estimate of drug-likeness (QED) is 0.590. The van der Waals surface area contributed by atoms with Crippen LogP contribution in [0, 0.1) is 0 Å². The molecule has 0 aliphatic rings. The van der Waals surface area contributed by atoms with Gasteiger partial charge in [0, 0.05) is 0 Å². The molecule has 0 aromatic heterocycles. The third-order valence-corrected chi connectivity index (χ3v) is 1.48. The maximum absolute atomic E-state index is 11.5. The summed E-state index contributed by atoms with van der Waals surface area (Å²) >= 11 is 0. The van der Waals surface area contributed by atoms with Crippen molar-refractivity contribution < 1.29 is 17.5 Å². The summed E-state index contributed by atoms with van der Waals surface area (Å²) in [6, 6.07) is 0. The molecule has 0 aliphatic carbocycles. The molecule has 2 nitrogen and oxygen atoms in total. The second-order valence-electron chi connectivity index (χ2n) is 1.74. The van der Waals surface area contributed by atoms with Gasteiger partial charge >= 0.3 is 7.99 Å². The van der Waals surface area contributed by atoms with Crippen molar-refractivity contribution in [1.29, 1.82) is 0 Å². The summed E-state index contributed by atoms with van der Waals surface area (Å²) in [4.78, 5) is 0. The minimum Gasteiger partial charge on any atom is -0.277 e. The first kappa shape index (κ1) is 9.05. The second kappa shape index (κ2) is 3.28. The van der Waals surface area contributed by atoms with Crippen LogP contribution in [0.15, 0.2) is 0 Å². The highest BCUT2D eigenvalue weighted by molar-refractivity contribution is 7.47. The van der Waals surface area contributed by atoms with Crippen LogP contribution in [0.3, 0.4) is 0 Å². The van der Waals surface area contributed by atoms with Gasteiger partial charge in [-0.1, -0.05) is 6.92 Å². The smallest absolute Gasteiger partial charge is 0.277 e. The molecule has 0 N–H and O–H groups in total. The van der Waals surface area contributed by atoms with Crippen molar-refractivity contribution in [2.24, 2.45) is 0 Å². The van der Waals surface area contributed by atoms with Gasteiger partial charge in [0.25, 0.3) is 0 Å². The Morgan fingerprint density at radius 3 is 2.22 bits per heavy atom. The van der Waals surface area contributed by atoms with Crippen LogP contribution >= 0.6 is 7.99 Å². The van der Waals surface area contributed by atoms with Gasteiger partial charge in [0.15, 0.2) is 0 Å². The average Bonchev–Trinajstić information content (AvgIpc) is 1.62. The minimum atomic E-state index is -5.24. The van der Waals surface area contributed by atoms with Crippen molar-refractivity contribution in [2.45, 2.75) is 26.4 Å². The predicted octanol–water partition coefficient (Wildman–Crippen LogP) is 2.85. The van der Waals surface area contributed by atoms with Crippen LogP contribution in [-0.2, 0) is 9.09 Å². The maximum Gasteiger partial charge on any atom is 0.552 e. The van der Waals surface area contributed by atoms with Gasteiger partial charge in [-0.15, -0.1) is 8.39 Å². The zero-order valence-corrected chi connectivity index (χ0v) is 6.20. The van der Waals surface area contributed by atoms with E-state index in [0.29, 0.717) is 6.42 Å². The number of hydrogen-bond donors (Lipinski definition) is 0. The summed E-state index contributed by atoms with van der Waals surface area (Å²) in [6.45, 7) is 3.13. The molecule has 0 aliphatic heterocycles. The van der Waals surface area contributed by atoms with Crippen LogP contribution in [-0.4, -0.2) is 6.10 Å². The van der Waals surface area contributed by atoms with E-state index in [0.717, 1.165) is 0 Å². The molecule has 5 heteroatoms. The number of halogens is 2. The molecule has 56 valence electrons. The van der Waals surface area contributed by atoms with Crippen molar-refractivity contribution in [1.82, 2.24) is 0 Å². The van der Waals surface area contributed by atoms with Crippen molar-refractivity contribution in [2.75, 3.05) is 0 Å². The van der Waals surface area contributed by atoms with E-state index in [1.54, 1.807) is 6.92 Å². The highest BCUT2D eigenvalue weighted by Crippen LogP contribution is 2.51. The summed E-state index contributed by atoms with van der Waals surface area (Å²) in [7, 11) is -5.24. The molecule has 0 fully saturated rings. The van der Waals surface area contributed by atoms with Crippen LogP contribution < -0.4 is 0 Å². The van der Waals surface area contributed by atoms with E-state index in [4.69, 9.17) is 0 Å². The van der Waals surface area contributed by atoms with Gasteiger partial charge < -0.3 is 0 Å². The Labute approximate surface area is 52.9 Å². The fourth-order valence-electron chi connectivity index (χ4n) is 0.284. The molecule has 1 atom stereocenters. The standard InChI is InChI=1S/C4H9F2O2P/c1-3-4(2)8-9(5,6)7/h4H,3H2,1-2H3/t4-/m0/s1. The third-order valence-electron chi connectivity index (χ3n) is 0.878. The second-order valence-corrected chi connectivity index (χ2v) is 2.78. The van der Waals surface area contributed by atoms with Crippen LogP contribution in [0.2, 0.25) is 0 Å². The first-order valence-electron chi connectivity index (χ1n) is 2.63. The van der Waals surface area contributed by atoms with Crippen LogP contribution in [0.5, 0.6) is 0 Å². The summed E-state index contributed by atoms with van der Waals surface area (Å²) in [5, 5.41) is 0. The van der Waals surface area contributed by atoms with Gasteiger partial charge in [-0.05, 0) is 13.3 Å². The molecule has 0 saturated heterocycles. The molecule has 0 rings (SSSR count). The highest BCUT2D eigenvalue weighted by atomic mass is 31.2. The topological polar surface area (TPSA) is 26.3 Å². The average molecular weight is 158 g/mol. The largest absolute Gasteiger partial charge is 0.552 e. The van der Waals surface area contributed by atoms with Gasteiger partial charge in [0.1, 0.15) is 0 Å². The Morgan fingerprint density at radius 2 is 2.11 bits per heavy atom. The van der Waals surface area contributed by atoms with E-state index < -0.39 is 14.1 Å².